The summed E-state index contributed by atoms with van der Waals surface area (Å²) in [5.41, 5.74) is 2.60. The number of pyridine rings is 2. The van der Waals surface area contributed by atoms with Crippen LogP contribution in [0.1, 0.15) is 0 Å². The molecule has 27 heavy (non-hydrogen) atoms. The molecule has 0 radical (unpaired) electrons. The highest BCUT2D eigenvalue weighted by Crippen LogP contribution is 2.20. The van der Waals surface area contributed by atoms with E-state index in [1.165, 1.54) is 0 Å². The minimum absolute atomic E-state index is 0. The lowest BCUT2D eigenvalue weighted by atomic mass is 10.3. The smallest absolute Gasteiger partial charge is 0.150 e. The van der Waals surface area contributed by atoms with Crippen LogP contribution in [0.15, 0.2) is 55.1 Å². The van der Waals surface area contributed by atoms with Crippen molar-refractivity contribution in [3.05, 3.63) is 55.1 Å². The van der Waals surface area contributed by atoms with Gasteiger partial charge in [0.1, 0.15) is 11.5 Å². The summed E-state index contributed by atoms with van der Waals surface area (Å²) in [6.45, 7) is 3.31. The summed E-state index contributed by atoms with van der Waals surface area (Å²) in [6.07, 6.45) is 6.97. The van der Waals surface area contributed by atoms with Gasteiger partial charge in [0.2, 0.25) is 0 Å². The van der Waals surface area contributed by atoms with E-state index >= 15 is 0 Å². The third-order valence-corrected chi connectivity index (χ3v) is 3.94. The summed E-state index contributed by atoms with van der Waals surface area (Å²) in [6, 6.07) is 9.70. The summed E-state index contributed by atoms with van der Waals surface area (Å²) >= 11 is 0. The lowest BCUT2D eigenvalue weighted by Crippen LogP contribution is -2.36. The van der Waals surface area contributed by atoms with Gasteiger partial charge in [-0.3, -0.25) is 9.97 Å². The Labute approximate surface area is 170 Å². The van der Waals surface area contributed by atoms with Gasteiger partial charge >= 0.3 is 0 Å². The minimum atomic E-state index is 0. The summed E-state index contributed by atoms with van der Waals surface area (Å²) in [4.78, 5) is 19.8. The first kappa shape index (κ1) is 20.8. The van der Waals surface area contributed by atoms with Gasteiger partial charge in [-0.2, -0.15) is 0 Å². The van der Waals surface area contributed by atoms with Gasteiger partial charge < -0.3 is 15.0 Å². The maximum atomic E-state index is 5.38. The summed E-state index contributed by atoms with van der Waals surface area (Å²) in [5.74, 6) is 1.36. The molecule has 7 nitrogen and oxygen atoms in total. The molecule has 0 aromatic carbocycles. The normalized spacial score (nSPS) is 13.3. The molecular formula is C18H20Cl2N6O. The van der Waals surface area contributed by atoms with E-state index < -0.39 is 0 Å². The fourth-order valence-electron chi connectivity index (χ4n) is 2.66. The minimum Gasteiger partial charge on any atom is -0.378 e. The molecule has 0 bridgehead atoms. The van der Waals surface area contributed by atoms with Crippen molar-refractivity contribution in [1.82, 2.24) is 19.9 Å². The van der Waals surface area contributed by atoms with Crippen LogP contribution in [-0.2, 0) is 4.74 Å². The number of halogens is 2. The molecule has 142 valence electrons. The molecule has 0 aliphatic carbocycles. The zero-order chi connectivity index (χ0) is 16.9. The molecule has 0 unspecified atom stereocenters. The maximum absolute atomic E-state index is 5.38. The Morgan fingerprint density at radius 2 is 1.70 bits per heavy atom. The number of nitrogens with one attached hydrogen (secondary N) is 1. The van der Waals surface area contributed by atoms with Crippen molar-refractivity contribution in [2.45, 2.75) is 0 Å². The van der Waals surface area contributed by atoms with E-state index in [9.17, 15) is 0 Å². The van der Waals surface area contributed by atoms with Crippen LogP contribution >= 0.6 is 24.8 Å². The van der Waals surface area contributed by atoms with E-state index in [0.717, 1.165) is 49.2 Å². The fourth-order valence-corrected chi connectivity index (χ4v) is 2.66. The Morgan fingerprint density at radius 1 is 0.852 bits per heavy atom. The SMILES string of the molecule is Cl.Cl.c1ccc(-c2cncc(Nc3ccc(N4CCOCC4)cn3)n2)nc1. The fraction of sp³-hybridized carbons (Fsp3) is 0.222. The molecule has 4 heterocycles. The quantitative estimate of drug-likeness (QED) is 0.711. The average molecular weight is 407 g/mol. The molecule has 9 heteroatoms. The molecule has 1 aliphatic rings. The number of rotatable bonds is 4. The van der Waals surface area contributed by atoms with Crippen molar-refractivity contribution in [2.75, 3.05) is 36.5 Å². The molecule has 0 saturated carbocycles. The monoisotopic (exact) mass is 406 g/mol. The first-order valence-corrected chi connectivity index (χ1v) is 8.18. The number of hydrogen-bond donors (Lipinski definition) is 1. The van der Waals surface area contributed by atoms with Crippen molar-refractivity contribution in [1.29, 1.82) is 0 Å². The highest BCUT2D eigenvalue weighted by atomic mass is 35.5. The van der Waals surface area contributed by atoms with Crippen molar-refractivity contribution in [3.63, 3.8) is 0 Å². The van der Waals surface area contributed by atoms with Crippen LogP contribution < -0.4 is 10.2 Å². The average Bonchev–Trinajstić information content (AvgIpc) is 2.70. The van der Waals surface area contributed by atoms with Crippen LogP contribution in [0.5, 0.6) is 0 Å². The molecule has 3 aromatic heterocycles. The number of nitrogens with zero attached hydrogens (tertiary/aromatic N) is 5. The van der Waals surface area contributed by atoms with Crippen molar-refractivity contribution < 1.29 is 4.74 Å². The molecule has 0 spiro atoms. The zero-order valence-electron chi connectivity index (χ0n) is 14.5. The van der Waals surface area contributed by atoms with Crippen LogP contribution in [0.3, 0.4) is 0 Å². The third kappa shape index (κ3) is 5.26. The Balaban J connectivity index is 0.00000131. The predicted molar refractivity (Wildman–Crippen MR) is 110 cm³/mol. The molecule has 1 fully saturated rings. The molecule has 1 aliphatic heterocycles. The number of ether oxygens (including phenoxy) is 1. The number of anilines is 3. The molecule has 4 rings (SSSR count). The van der Waals surface area contributed by atoms with E-state index in [0.29, 0.717) is 5.82 Å². The summed E-state index contributed by atoms with van der Waals surface area (Å²) in [5, 5.41) is 3.19. The number of morpholine rings is 1. The van der Waals surface area contributed by atoms with Gasteiger partial charge in [0, 0.05) is 19.3 Å². The van der Waals surface area contributed by atoms with Gasteiger partial charge in [-0.1, -0.05) is 6.07 Å². The Morgan fingerprint density at radius 3 is 2.41 bits per heavy atom. The topological polar surface area (TPSA) is 76.1 Å². The van der Waals surface area contributed by atoms with Gasteiger partial charge in [-0.25, -0.2) is 9.97 Å². The lowest BCUT2D eigenvalue weighted by Gasteiger charge is -2.28. The van der Waals surface area contributed by atoms with E-state index in [1.807, 2.05) is 30.5 Å². The summed E-state index contributed by atoms with van der Waals surface area (Å²) in [7, 11) is 0. The first-order chi connectivity index (χ1) is 12.4. The van der Waals surface area contributed by atoms with E-state index in [4.69, 9.17) is 4.74 Å². The molecule has 1 N–H and O–H groups in total. The number of aromatic nitrogens is 4. The van der Waals surface area contributed by atoms with E-state index in [1.54, 1.807) is 18.6 Å². The van der Waals surface area contributed by atoms with Crippen LogP contribution in [0.25, 0.3) is 11.4 Å². The second kappa shape index (κ2) is 10.0. The van der Waals surface area contributed by atoms with Crippen molar-refractivity contribution in [3.8, 4) is 11.4 Å². The molecule has 0 atom stereocenters. The van der Waals surface area contributed by atoms with Crippen LogP contribution in [0.2, 0.25) is 0 Å². The molecule has 0 amide bonds. The van der Waals surface area contributed by atoms with Gasteiger partial charge in [-0.05, 0) is 24.3 Å². The van der Waals surface area contributed by atoms with Gasteiger partial charge in [0.05, 0.1) is 43.2 Å². The standard InChI is InChI=1S/C18H18N6O.2ClH/c1-2-6-20-15(3-1)16-12-19-13-18(22-16)23-17-5-4-14(11-21-17)24-7-9-25-10-8-24;;/h1-6,11-13H,7-10H2,(H,21,22,23);2*1H. The van der Waals surface area contributed by atoms with Crippen molar-refractivity contribution >= 4 is 42.1 Å². The van der Waals surface area contributed by atoms with Crippen LogP contribution in [-0.4, -0.2) is 46.2 Å². The largest absolute Gasteiger partial charge is 0.378 e. The zero-order valence-corrected chi connectivity index (χ0v) is 16.1. The van der Waals surface area contributed by atoms with Gasteiger partial charge in [0.25, 0.3) is 0 Å². The van der Waals surface area contributed by atoms with E-state index in [-0.39, 0.29) is 24.8 Å². The Hall–Kier alpha value is -2.48. The molecule has 3 aromatic rings. The van der Waals surface area contributed by atoms with Crippen LogP contribution in [0, 0.1) is 0 Å². The third-order valence-electron chi connectivity index (χ3n) is 3.94. The van der Waals surface area contributed by atoms with Crippen molar-refractivity contribution in [2.24, 2.45) is 0 Å². The van der Waals surface area contributed by atoms with Gasteiger partial charge in [-0.15, -0.1) is 24.8 Å². The highest BCUT2D eigenvalue weighted by Gasteiger charge is 2.11. The van der Waals surface area contributed by atoms with E-state index in [2.05, 4.69) is 36.2 Å². The molecule has 1 saturated heterocycles. The second-order valence-corrected chi connectivity index (χ2v) is 5.63. The number of hydrogen-bond acceptors (Lipinski definition) is 7. The van der Waals surface area contributed by atoms with Gasteiger partial charge in [0.15, 0.2) is 5.82 Å². The second-order valence-electron chi connectivity index (χ2n) is 5.63. The first-order valence-electron chi connectivity index (χ1n) is 8.18. The Kier molecular flexibility index (Phi) is 7.72. The Bertz CT molecular complexity index is 829. The summed E-state index contributed by atoms with van der Waals surface area (Å²) < 4.78 is 5.38. The maximum Gasteiger partial charge on any atom is 0.150 e. The lowest BCUT2D eigenvalue weighted by molar-refractivity contribution is 0.122. The van der Waals surface area contributed by atoms with Crippen LogP contribution in [0.4, 0.5) is 17.3 Å². The predicted octanol–water partition coefficient (Wildman–Crippen LogP) is 3.36. The molecular weight excluding hydrogens is 387 g/mol. The highest BCUT2D eigenvalue weighted by molar-refractivity contribution is 5.85.